The van der Waals surface area contributed by atoms with E-state index in [1.807, 2.05) is 18.4 Å². The van der Waals surface area contributed by atoms with Crippen LogP contribution in [0.2, 0.25) is 10.0 Å². The van der Waals surface area contributed by atoms with E-state index in [4.69, 9.17) is 28.3 Å². The zero-order valence-corrected chi connectivity index (χ0v) is 27.5. The van der Waals surface area contributed by atoms with Crippen LogP contribution in [-0.2, 0) is 31.2 Å². The second kappa shape index (κ2) is 12.7. The van der Waals surface area contributed by atoms with E-state index < -0.39 is 37.4 Å². The fourth-order valence-corrected chi connectivity index (χ4v) is 8.25. The van der Waals surface area contributed by atoms with Gasteiger partial charge in [0.25, 0.3) is 10.0 Å². The lowest BCUT2D eigenvalue weighted by Crippen LogP contribution is -2.35. The van der Waals surface area contributed by atoms with Gasteiger partial charge in [-0.1, -0.05) is 60.9 Å². The number of hydrogen-bond donors (Lipinski definition) is 2. The standard InChI is InChI=1S/C28H27Cl2FN4O6S3/c1-4-34(27(36)37)44(40,41)21-11-5-17(22(29)14-21)16-42-26-33-15-25(35(26)20-9-7-19(31)8-10-20)28(2,3)18-6-12-24(23(30)13-18)43(32,38)39/h5-15H,4,16H2,1-3H3,(H,36,37)(H2,32,38,39). The highest BCUT2D eigenvalue weighted by atomic mass is 35.5. The van der Waals surface area contributed by atoms with E-state index in [-0.39, 0.29) is 32.1 Å². The van der Waals surface area contributed by atoms with E-state index in [9.17, 15) is 31.1 Å². The number of hydrogen-bond acceptors (Lipinski definition) is 7. The number of amides is 1. The number of carbonyl (C=O) groups is 1. The third-order valence-corrected chi connectivity index (χ3v) is 11.5. The van der Waals surface area contributed by atoms with E-state index >= 15 is 0 Å². The van der Waals surface area contributed by atoms with Crippen LogP contribution in [0.25, 0.3) is 5.69 Å². The lowest BCUT2D eigenvalue weighted by molar-refractivity contribution is 0.173. The van der Waals surface area contributed by atoms with Gasteiger partial charge >= 0.3 is 6.09 Å². The summed E-state index contributed by atoms with van der Waals surface area (Å²) in [6, 6.07) is 14.3. The molecule has 1 aromatic heterocycles. The molecule has 10 nitrogen and oxygen atoms in total. The van der Waals surface area contributed by atoms with Gasteiger partial charge in [-0.25, -0.2) is 40.4 Å². The topological polar surface area (TPSA) is 153 Å². The number of primary sulfonamides is 1. The van der Waals surface area contributed by atoms with Crippen LogP contribution < -0.4 is 5.14 Å². The van der Waals surface area contributed by atoms with Crippen molar-refractivity contribution in [3.63, 3.8) is 0 Å². The van der Waals surface area contributed by atoms with Crippen LogP contribution in [0.1, 0.15) is 37.6 Å². The van der Waals surface area contributed by atoms with Gasteiger partial charge in [0.05, 0.1) is 21.8 Å². The van der Waals surface area contributed by atoms with Crippen LogP contribution in [-0.4, -0.2) is 48.4 Å². The molecule has 0 bridgehead atoms. The van der Waals surface area contributed by atoms with Crippen molar-refractivity contribution < 1.29 is 31.1 Å². The van der Waals surface area contributed by atoms with Crippen LogP contribution in [0.3, 0.4) is 0 Å². The van der Waals surface area contributed by atoms with E-state index in [0.29, 0.717) is 32.0 Å². The summed E-state index contributed by atoms with van der Waals surface area (Å²) in [5.41, 5.74) is 1.71. The molecule has 0 saturated heterocycles. The first-order valence-electron chi connectivity index (χ1n) is 12.8. The second-order valence-electron chi connectivity index (χ2n) is 10.0. The quantitative estimate of drug-likeness (QED) is 0.184. The van der Waals surface area contributed by atoms with Crippen LogP contribution in [0.5, 0.6) is 0 Å². The molecule has 1 heterocycles. The Morgan fingerprint density at radius 2 is 1.70 bits per heavy atom. The molecule has 0 radical (unpaired) electrons. The molecular formula is C28H27Cl2FN4O6S3. The molecule has 0 saturated carbocycles. The summed E-state index contributed by atoms with van der Waals surface area (Å²) in [5.74, 6) is -0.177. The molecule has 16 heteroatoms. The number of halogens is 3. The first-order chi connectivity index (χ1) is 20.5. The van der Waals surface area contributed by atoms with Gasteiger partial charge < -0.3 is 5.11 Å². The number of aromatic nitrogens is 2. The summed E-state index contributed by atoms with van der Waals surface area (Å²) in [5, 5.41) is 15.1. The molecule has 0 atom stereocenters. The predicted octanol–water partition coefficient (Wildman–Crippen LogP) is 6.27. The third-order valence-electron chi connectivity index (χ3n) is 6.88. The molecule has 0 aliphatic rings. The maximum atomic E-state index is 13.9. The average Bonchev–Trinajstić information content (AvgIpc) is 3.36. The SMILES string of the molecule is CCN(C(=O)O)S(=O)(=O)c1ccc(CSc2ncc(C(C)(C)c3ccc(S(N)(=O)=O)c(Cl)c3)n2-c2ccc(F)cc2)c(Cl)c1. The van der Waals surface area contributed by atoms with Crippen molar-refractivity contribution in [1.82, 2.24) is 13.9 Å². The molecule has 4 rings (SSSR count). The fraction of sp³-hybridized carbons (Fsp3) is 0.214. The lowest BCUT2D eigenvalue weighted by Gasteiger charge is -2.28. The lowest BCUT2D eigenvalue weighted by atomic mass is 9.81. The molecule has 0 aliphatic carbocycles. The molecule has 0 fully saturated rings. The maximum absolute atomic E-state index is 13.9. The smallest absolute Gasteiger partial charge is 0.421 e. The van der Waals surface area contributed by atoms with Gasteiger partial charge in [0.15, 0.2) is 5.16 Å². The Balaban J connectivity index is 1.72. The fourth-order valence-electron chi connectivity index (χ4n) is 4.47. The van der Waals surface area contributed by atoms with Crippen molar-refractivity contribution in [1.29, 1.82) is 0 Å². The highest BCUT2D eigenvalue weighted by Crippen LogP contribution is 2.39. The van der Waals surface area contributed by atoms with Gasteiger partial charge in [0.1, 0.15) is 10.7 Å². The van der Waals surface area contributed by atoms with Crippen molar-refractivity contribution in [2.24, 2.45) is 5.14 Å². The molecule has 0 aliphatic heterocycles. The number of carboxylic acid groups (broad SMARTS) is 1. The van der Waals surface area contributed by atoms with Crippen LogP contribution in [0, 0.1) is 5.82 Å². The first kappa shape index (κ1) is 33.7. The van der Waals surface area contributed by atoms with Crippen LogP contribution in [0.4, 0.5) is 9.18 Å². The van der Waals surface area contributed by atoms with Gasteiger partial charge in [0, 0.05) is 28.4 Å². The maximum Gasteiger partial charge on any atom is 0.421 e. The number of imidazole rings is 1. The van der Waals surface area contributed by atoms with Gasteiger partial charge in [0.2, 0.25) is 10.0 Å². The third kappa shape index (κ3) is 6.75. The zero-order valence-electron chi connectivity index (χ0n) is 23.5. The molecule has 234 valence electrons. The Hall–Kier alpha value is -3.14. The molecule has 3 aromatic carbocycles. The van der Waals surface area contributed by atoms with Crippen molar-refractivity contribution in [3.8, 4) is 5.69 Å². The summed E-state index contributed by atoms with van der Waals surface area (Å²) in [7, 11) is -8.34. The van der Waals surface area contributed by atoms with E-state index in [2.05, 4.69) is 4.98 Å². The highest BCUT2D eigenvalue weighted by molar-refractivity contribution is 7.98. The molecule has 3 N–H and O–H groups in total. The number of thioether (sulfide) groups is 1. The summed E-state index contributed by atoms with van der Waals surface area (Å²) < 4.78 is 65.3. The molecule has 4 aromatic rings. The normalized spacial score (nSPS) is 12.3. The molecular weight excluding hydrogens is 674 g/mol. The van der Waals surface area contributed by atoms with Gasteiger partial charge in [-0.3, -0.25) is 4.57 Å². The van der Waals surface area contributed by atoms with E-state index in [1.165, 1.54) is 61.2 Å². The Morgan fingerprint density at radius 1 is 1.05 bits per heavy atom. The molecule has 1 amide bonds. The minimum Gasteiger partial charge on any atom is -0.464 e. The highest BCUT2D eigenvalue weighted by Gasteiger charge is 2.31. The number of sulfonamides is 2. The number of nitrogens with zero attached hydrogens (tertiary/aromatic N) is 3. The zero-order chi connectivity index (χ0) is 32.6. The monoisotopic (exact) mass is 700 g/mol. The van der Waals surface area contributed by atoms with Crippen molar-refractivity contribution >= 4 is 61.1 Å². The molecule has 0 spiro atoms. The number of nitrogens with two attached hydrogens (primary N) is 1. The summed E-state index contributed by atoms with van der Waals surface area (Å²) >= 11 is 14.0. The predicted molar refractivity (Wildman–Crippen MR) is 167 cm³/mol. The van der Waals surface area contributed by atoms with Crippen LogP contribution in [0.15, 0.2) is 81.8 Å². The van der Waals surface area contributed by atoms with Crippen LogP contribution >= 0.6 is 35.0 Å². The molecule has 0 unspecified atom stereocenters. The second-order valence-corrected chi connectivity index (χ2v) is 15.2. The number of rotatable bonds is 10. The largest absolute Gasteiger partial charge is 0.464 e. The summed E-state index contributed by atoms with van der Waals surface area (Å²) in [6.07, 6.45) is 0.0487. The van der Waals surface area contributed by atoms with Gasteiger partial charge in [-0.05, 0) is 66.6 Å². The summed E-state index contributed by atoms with van der Waals surface area (Å²) in [4.78, 5) is 15.6. The van der Waals surface area contributed by atoms with E-state index in [1.54, 1.807) is 24.4 Å². The van der Waals surface area contributed by atoms with Crippen molar-refractivity contribution in [2.45, 2.75) is 46.9 Å². The Labute approximate surface area is 268 Å². The average molecular weight is 702 g/mol. The number of benzene rings is 3. The van der Waals surface area contributed by atoms with E-state index in [0.717, 1.165) is 0 Å². The summed E-state index contributed by atoms with van der Waals surface area (Å²) in [6.45, 7) is 4.94. The van der Waals surface area contributed by atoms with Gasteiger partial charge in [-0.2, -0.15) is 0 Å². The minimum atomic E-state index is -4.31. The first-order valence-corrected chi connectivity index (χ1v) is 17.5. The Bertz CT molecular complexity index is 1950. The van der Waals surface area contributed by atoms with Gasteiger partial charge in [-0.15, -0.1) is 0 Å². The minimum absolute atomic E-state index is 0.0361. The Kier molecular flexibility index (Phi) is 9.74. The van der Waals surface area contributed by atoms with Crippen molar-refractivity contribution in [2.75, 3.05) is 6.54 Å². The van der Waals surface area contributed by atoms with Crippen molar-refractivity contribution in [3.05, 3.63) is 99.5 Å². The molecule has 44 heavy (non-hydrogen) atoms. The Morgan fingerprint density at radius 3 is 2.25 bits per heavy atom.